The number of aromatic nitrogens is 3. The van der Waals surface area contributed by atoms with Gasteiger partial charge >= 0.3 is 0 Å². The molecule has 6 rings (SSSR count). The number of carbonyl (C=O) groups is 1. The summed E-state index contributed by atoms with van der Waals surface area (Å²) in [5, 5.41) is 9.04. The lowest BCUT2D eigenvalue weighted by molar-refractivity contribution is 0.0265. The molecule has 2 saturated heterocycles. The van der Waals surface area contributed by atoms with Gasteiger partial charge in [0.2, 0.25) is 0 Å². The number of carbonyl (C=O) groups excluding carboxylic acids is 1. The zero-order valence-electron chi connectivity index (χ0n) is 24.4. The van der Waals surface area contributed by atoms with Crippen molar-refractivity contribution >= 4 is 18.5 Å². The van der Waals surface area contributed by atoms with E-state index >= 15 is 0 Å². The largest absolute Gasteiger partial charge is 0.496 e. The number of methoxy groups -OCH3 is 1. The highest BCUT2D eigenvalue weighted by atomic mass is 16.5. The van der Waals surface area contributed by atoms with Gasteiger partial charge in [0.1, 0.15) is 17.3 Å². The minimum Gasteiger partial charge on any atom is -0.496 e. The Morgan fingerprint density at radius 3 is 2.36 bits per heavy atom. The minimum atomic E-state index is -0.0135. The second kappa shape index (κ2) is 12.1. The van der Waals surface area contributed by atoms with E-state index in [2.05, 4.69) is 26.8 Å². The molecule has 2 N–H and O–H groups in total. The molecule has 11 nitrogen and oxygen atoms in total. The Morgan fingerprint density at radius 1 is 1.02 bits per heavy atom. The van der Waals surface area contributed by atoms with Crippen molar-refractivity contribution in [2.24, 2.45) is 15.8 Å². The van der Waals surface area contributed by atoms with E-state index in [9.17, 15) is 4.79 Å². The number of hydrogen-bond acceptors (Lipinski definition) is 7. The molecule has 4 heterocycles. The van der Waals surface area contributed by atoms with Crippen LogP contribution in [0, 0.1) is 0 Å². The molecule has 0 atom stereocenters. The van der Waals surface area contributed by atoms with Crippen LogP contribution in [0.2, 0.25) is 0 Å². The van der Waals surface area contributed by atoms with Crippen LogP contribution in [-0.2, 0) is 9.47 Å². The smallest absolute Gasteiger partial charge is 0.258 e. The molecule has 3 aromatic rings. The number of aliphatic imine (C=N–C) groups is 1. The average Bonchev–Trinajstić information content (AvgIpc) is 3.61. The molecule has 1 aromatic carbocycles. The molecule has 11 heteroatoms. The van der Waals surface area contributed by atoms with E-state index in [0.717, 1.165) is 61.0 Å². The van der Waals surface area contributed by atoms with E-state index in [1.807, 2.05) is 35.0 Å². The first-order chi connectivity index (χ1) is 20.5. The fourth-order valence-electron chi connectivity index (χ4n) is 6.27. The topological polar surface area (TPSA) is 121 Å². The Hall–Kier alpha value is -3.96. The van der Waals surface area contributed by atoms with Crippen molar-refractivity contribution in [3.8, 4) is 28.3 Å². The number of hydrogen-bond donors (Lipinski definition) is 1. The fraction of sp³-hybridized carbons (Fsp3) is 0.484. The van der Waals surface area contributed by atoms with Crippen molar-refractivity contribution in [1.29, 1.82) is 0 Å². The molecule has 0 unspecified atom stereocenters. The van der Waals surface area contributed by atoms with E-state index in [0.29, 0.717) is 49.3 Å². The van der Waals surface area contributed by atoms with Crippen LogP contribution in [0.1, 0.15) is 60.6 Å². The molecule has 222 valence electrons. The highest BCUT2D eigenvalue weighted by Gasteiger charge is 2.39. The van der Waals surface area contributed by atoms with E-state index in [4.69, 9.17) is 19.9 Å². The lowest BCUT2D eigenvalue weighted by Crippen LogP contribution is -2.45. The minimum absolute atomic E-state index is 0.0135. The summed E-state index contributed by atoms with van der Waals surface area (Å²) in [5.74, 6) is 0.854. The van der Waals surface area contributed by atoms with Crippen LogP contribution in [0.5, 0.6) is 5.75 Å². The van der Waals surface area contributed by atoms with Crippen LogP contribution < -0.4 is 10.5 Å². The van der Waals surface area contributed by atoms with E-state index in [-0.39, 0.29) is 24.0 Å². The Bertz CT molecular complexity index is 1480. The zero-order valence-corrected chi connectivity index (χ0v) is 24.4. The fourth-order valence-corrected chi connectivity index (χ4v) is 6.27. The zero-order chi connectivity index (χ0) is 29.2. The second-order valence-corrected chi connectivity index (χ2v) is 11.1. The first-order valence-corrected chi connectivity index (χ1v) is 14.7. The first kappa shape index (κ1) is 28.2. The number of amides is 1. The Balaban J connectivity index is 1.45. The number of nitrogens with zero attached hydrogens (tertiary/aromatic N) is 6. The van der Waals surface area contributed by atoms with Gasteiger partial charge in [0.05, 0.1) is 30.1 Å². The highest BCUT2D eigenvalue weighted by Crippen LogP contribution is 2.39. The Kier molecular flexibility index (Phi) is 8.12. The first-order valence-electron chi connectivity index (χ1n) is 14.7. The predicted octanol–water partition coefficient (Wildman–Crippen LogP) is 3.96. The molecule has 0 bridgehead atoms. The van der Waals surface area contributed by atoms with Crippen molar-refractivity contribution < 1.29 is 19.0 Å². The van der Waals surface area contributed by atoms with E-state index in [1.54, 1.807) is 25.0 Å². The van der Waals surface area contributed by atoms with Crippen LogP contribution in [-0.4, -0.2) is 90.5 Å². The van der Waals surface area contributed by atoms with Crippen molar-refractivity contribution in [1.82, 2.24) is 19.4 Å². The lowest BCUT2D eigenvalue weighted by Gasteiger charge is -2.35. The molecule has 0 spiro atoms. The van der Waals surface area contributed by atoms with Crippen molar-refractivity contribution in [3.63, 3.8) is 0 Å². The lowest BCUT2D eigenvalue weighted by atomic mass is 10.0. The second-order valence-electron chi connectivity index (χ2n) is 11.1. The van der Waals surface area contributed by atoms with Crippen LogP contribution >= 0.6 is 0 Å². The van der Waals surface area contributed by atoms with E-state index in [1.165, 1.54) is 0 Å². The molecular weight excluding hydrogens is 534 g/mol. The Labute approximate surface area is 245 Å². The molecule has 2 aliphatic heterocycles. The Morgan fingerprint density at radius 2 is 1.71 bits per heavy atom. The van der Waals surface area contributed by atoms with E-state index < -0.39 is 0 Å². The summed E-state index contributed by atoms with van der Waals surface area (Å²) in [7, 11) is 3.25. The van der Waals surface area contributed by atoms with Crippen molar-refractivity contribution in [2.45, 2.75) is 56.7 Å². The number of ether oxygens (including phenoxy) is 3. The van der Waals surface area contributed by atoms with Gasteiger partial charge < -0.3 is 24.8 Å². The summed E-state index contributed by atoms with van der Waals surface area (Å²) in [6, 6.07) is 10.3. The normalized spacial score (nSPS) is 18.7. The maximum absolute atomic E-state index is 14.2. The van der Waals surface area contributed by atoms with Gasteiger partial charge in [0.25, 0.3) is 5.91 Å². The quantitative estimate of drug-likeness (QED) is 0.306. The van der Waals surface area contributed by atoms with Gasteiger partial charge in [-0.3, -0.25) is 14.5 Å². The standard InChI is InChI=1S/C31H39N7O4/c1-33-30(32)29-24(26-8-13-35-37(26)23-11-16-42-17-12-23)19-27(38(29)34-2)20-4-7-28(40-3)25(18-20)31(39)36(21-5-6-21)22-9-14-41-15-10-22/h4,7-8,13,18-19,21-23H,2,5-6,9-12,14-17H2,1,3H3,(H2,32,33). The van der Waals surface area contributed by atoms with Crippen LogP contribution in [0.25, 0.3) is 22.5 Å². The summed E-state index contributed by atoms with van der Waals surface area (Å²) in [5.41, 5.74) is 10.9. The van der Waals surface area contributed by atoms with Crippen LogP contribution in [0.15, 0.2) is 46.6 Å². The molecular formula is C31H39N7O4. The number of amidine groups is 1. The highest BCUT2D eigenvalue weighted by molar-refractivity contribution is 6.04. The van der Waals surface area contributed by atoms with Crippen LogP contribution in [0.4, 0.5) is 0 Å². The van der Waals surface area contributed by atoms with Crippen molar-refractivity contribution in [2.75, 3.05) is 40.6 Å². The summed E-state index contributed by atoms with van der Waals surface area (Å²) in [6.45, 7) is 6.61. The predicted molar refractivity (Wildman–Crippen MR) is 161 cm³/mol. The van der Waals surface area contributed by atoms with Gasteiger partial charge in [0.15, 0.2) is 0 Å². The molecule has 2 aromatic heterocycles. The number of benzene rings is 1. The maximum Gasteiger partial charge on any atom is 0.258 e. The number of rotatable bonds is 9. The van der Waals surface area contributed by atoms with Gasteiger partial charge in [-0.25, -0.2) is 4.68 Å². The van der Waals surface area contributed by atoms with Crippen LogP contribution in [0.3, 0.4) is 0 Å². The molecule has 1 saturated carbocycles. The molecule has 1 aliphatic carbocycles. The third-order valence-corrected chi connectivity index (χ3v) is 8.57. The third kappa shape index (κ3) is 5.22. The summed E-state index contributed by atoms with van der Waals surface area (Å²) >= 11 is 0. The van der Waals surface area contributed by atoms with Gasteiger partial charge in [-0.2, -0.15) is 10.2 Å². The summed E-state index contributed by atoms with van der Waals surface area (Å²) in [6.07, 6.45) is 7.30. The SMILES string of the molecule is C=Nn1c(-c2ccc(OC)c(C(=O)N(C3CCOCC3)C3CC3)c2)cc(-c2ccnn2C2CCOCC2)c1C(N)=NC. The monoisotopic (exact) mass is 573 g/mol. The average molecular weight is 574 g/mol. The maximum atomic E-state index is 14.2. The molecule has 3 aliphatic rings. The molecule has 3 fully saturated rings. The van der Waals surface area contributed by atoms with Gasteiger partial charge in [-0.15, -0.1) is 0 Å². The molecule has 42 heavy (non-hydrogen) atoms. The van der Waals surface area contributed by atoms with Crippen molar-refractivity contribution in [3.05, 3.63) is 47.8 Å². The summed E-state index contributed by atoms with van der Waals surface area (Å²) < 4.78 is 20.6. The molecule has 1 amide bonds. The van der Waals surface area contributed by atoms with Gasteiger partial charge in [-0.05, 0) is 68.9 Å². The van der Waals surface area contributed by atoms with Gasteiger partial charge in [-0.1, -0.05) is 0 Å². The summed E-state index contributed by atoms with van der Waals surface area (Å²) in [4.78, 5) is 20.6. The number of nitrogens with two attached hydrogens (primary N) is 1. The molecule has 0 radical (unpaired) electrons. The van der Waals surface area contributed by atoms with Gasteiger partial charge in [0, 0.05) is 69.6 Å². The third-order valence-electron chi connectivity index (χ3n) is 8.57.